The van der Waals surface area contributed by atoms with E-state index in [9.17, 15) is 18.3 Å². The molecule has 0 spiro atoms. The number of rotatable bonds is 4. The van der Waals surface area contributed by atoms with E-state index in [1.54, 1.807) is 13.0 Å². The molecule has 0 fully saturated rings. The quantitative estimate of drug-likeness (QED) is 0.908. The monoisotopic (exact) mass is 280 g/mol. The van der Waals surface area contributed by atoms with Crippen LogP contribution in [0.1, 0.15) is 16.7 Å². The number of hydrogen-bond acceptors (Lipinski definition) is 1. The van der Waals surface area contributed by atoms with Gasteiger partial charge in [-0.05, 0) is 48.7 Å². The first-order chi connectivity index (χ1) is 9.47. The van der Waals surface area contributed by atoms with Crippen LogP contribution in [0.4, 0.5) is 13.2 Å². The Morgan fingerprint density at radius 1 is 1.00 bits per heavy atom. The van der Waals surface area contributed by atoms with Crippen molar-refractivity contribution in [3.8, 4) is 0 Å². The minimum absolute atomic E-state index is 0.116. The first-order valence-electron chi connectivity index (χ1n) is 6.33. The Morgan fingerprint density at radius 2 is 1.65 bits per heavy atom. The molecule has 20 heavy (non-hydrogen) atoms. The highest BCUT2D eigenvalue weighted by atomic mass is 19.1. The molecule has 0 aliphatic rings. The number of aliphatic hydroxyl groups is 1. The van der Waals surface area contributed by atoms with Crippen molar-refractivity contribution in [1.82, 2.24) is 0 Å². The van der Waals surface area contributed by atoms with Gasteiger partial charge in [0.25, 0.3) is 0 Å². The van der Waals surface area contributed by atoms with E-state index in [4.69, 9.17) is 0 Å². The fourth-order valence-corrected chi connectivity index (χ4v) is 2.18. The van der Waals surface area contributed by atoms with E-state index in [0.29, 0.717) is 5.56 Å². The number of aliphatic hydroxyl groups excluding tert-OH is 1. The predicted molar refractivity (Wildman–Crippen MR) is 70.9 cm³/mol. The summed E-state index contributed by atoms with van der Waals surface area (Å²) < 4.78 is 39.9. The summed E-state index contributed by atoms with van der Waals surface area (Å²) in [7, 11) is 0. The van der Waals surface area contributed by atoms with Gasteiger partial charge in [0.1, 0.15) is 17.5 Å². The lowest BCUT2D eigenvalue weighted by molar-refractivity contribution is 0.172. The fourth-order valence-electron chi connectivity index (χ4n) is 2.18. The van der Waals surface area contributed by atoms with Gasteiger partial charge in [-0.25, -0.2) is 13.2 Å². The molecule has 0 aliphatic carbocycles. The molecule has 0 heterocycles. The second kappa shape index (κ2) is 6.09. The van der Waals surface area contributed by atoms with Crippen molar-refractivity contribution in [2.24, 2.45) is 0 Å². The van der Waals surface area contributed by atoms with E-state index in [1.807, 2.05) is 0 Å². The lowest BCUT2D eigenvalue weighted by Gasteiger charge is -2.13. The predicted octanol–water partition coefficient (Wildman–Crippen LogP) is 3.56. The average molecular weight is 280 g/mol. The zero-order valence-electron chi connectivity index (χ0n) is 11.0. The zero-order valence-corrected chi connectivity index (χ0v) is 11.0. The topological polar surface area (TPSA) is 20.2 Å². The highest BCUT2D eigenvalue weighted by molar-refractivity contribution is 5.28. The maximum Gasteiger partial charge on any atom is 0.129 e. The maximum atomic E-state index is 13.5. The number of aryl methyl sites for hydroxylation is 1. The molecule has 106 valence electrons. The van der Waals surface area contributed by atoms with Crippen LogP contribution in [0, 0.1) is 24.4 Å². The van der Waals surface area contributed by atoms with Crippen LogP contribution < -0.4 is 0 Å². The van der Waals surface area contributed by atoms with Gasteiger partial charge in [0.2, 0.25) is 0 Å². The number of halogens is 3. The number of hydrogen-bond donors (Lipinski definition) is 1. The van der Waals surface area contributed by atoms with E-state index in [0.717, 1.165) is 17.7 Å². The summed E-state index contributed by atoms with van der Waals surface area (Å²) in [6.45, 7) is 1.73. The molecular weight excluding hydrogens is 265 g/mol. The second-order valence-electron chi connectivity index (χ2n) is 4.83. The third-order valence-electron chi connectivity index (χ3n) is 3.26. The van der Waals surface area contributed by atoms with Gasteiger partial charge < -0.3 is 5.11 Å². The summed E-state index contributed by atoms with van der Waals surface area (Å²) in [4.78, 5) is 0. The summed E-state index contributed by atoms with van der Waals surface area (Å²) in [5, 5.41) is 9.97. The minimum Gasteiger partial charge on any atom is -0.392 e. The summed E-state index contributed by atoms with van der Waals surface area (Å²) in [5.41, 5.74) is 1.34. The van der Waals surface area contributed by atoms with Crippen LogP contribution in [0.25, 0.3) is 0 Å². The lowest BCUT2D eigenvalue weighted by Crippen LogP contribution is -2.16. The Balaban J connectivity index is 2.11. The molecule has 1 atom stereocenters. The molecule has 2 aromatic rings. The van der Waals surface area contributed by atoms with Crippen molar-refractivity contribution in [2.45, 2.75) is 25.9 Å². The molecular formula is C16H15F3O. The van der Waals surface area contributed by atoms with Crippen LogP contribution in [0.3, 0.4) is 0 Å². The largest absolute Gasteiger partial charge is 0.392 e. The molecule has 2 aromatic carbocycles. The molecule has 1 N–H and O–H groups in total. The Labute approximate surface area is 115 Å². The standard InChI is InChI=1S/C16H15F3O/c1-10-7-12(17)6-5-11(10)8-13(20)9-14-15(18)3-2-4-16(14)19/h2-7,13,20H,8-9H2,1H3. The van der Waals surface area contributed by atoms with E-state index in [-0.39, 0.29) is 24.2 Å². The zero-order chi connectivity index (χ0) is 14.7. The lowest BCUT2D eigenvalue weighted by atomic mass is 9.98. The molecule has 2 rings (SSSR count). The molecule has 0 radical (unpaired) electrons. The van der Waals surface area contributed by atoms with Crippen LogP contribution >= 0.6 is 0 Å². The molecule has 1 nitrogen and oxygen atoms in total. The first-order valence-corrected chi connectivity index (χ1v) is 6.33. The van der Waals surface area contributed by atoms with E-state index < -0.39 is 17.7 Å². The van der Waals surface area contributed by atoms with Crippen molar-refractivity contribution in [2.75, 3.05) is 0 Å². The molecule has 0 amide bonds. The molecule has 0 saturated heterocycles. The minimum atomic E-state index is -0.925. The van der Waals surface area contributed by atoms with Crippen molar-refractivity contribution in [3.63, 3.8) is 0 Å². The summed E-state index contributed by atoms with van der Waals surface area (Å²) in [6, 6.07) is 7.85. The average Bonchev–Trinajstić information content (AvgIpc) is 2.37. The van der Waals surface area contributed by atoms with Crippen molar-refractivity contribution in [3.05, 3.63) is 70.5 Å². The van der Waals surface area contributed by atoms with Gasteiger partial charge in [-0.1, -0.05) is 12.1 Å². The molecule has 0 aliphatic heterocycles. The first kappa shape index (κ1) is 14.6. The molecule has 0 bridgehead atoms. The van der Waals surface area contributed by atoms with Gasteiger partial charge in [-0.3, -0.25) is 0 Å². The van der Waals surface area contributed by atoms with Crippen molar-refractivity contribution < 1.29 is 18.3 Å². The van der Waals surface area contributed by atoms with Gasteiger partial charge in [0, 0.05) is 12.0 Å². The smallest absolute Gasteiger partial charge is 0.129 e. The van der Waals surface area contributed by atoms with Crippen LogP contribution in [0.15, 0.2) is 36.4 Å². The van der Waals surface area contributed by atoms with E-state index in [2.05, 4.69) is 0 Å². The van der Waals surface area contributed by atoms with Crippen LogP contribution in [0.2, 0.25) is 0 Å². The van der Waals surface area contributed by atoms with Gasteiger partial charge >= 0.3 is 0 Å². The summed E-state index contributed by atoms with van der Waals surface area (Å²) in [6.07, 6.45) is -0.819. The van der Waals surface area contributed by atoms with E-state index in [1.165, 1.54) is 18.2 Å². The fraction of sp³-hybridized carbons (Fsp3) is 0.250. The third kappa shape index (κ3) is 3.39. The number of benzene rings is 2. The van der Waals surface area contributed by atoms with Crippen LogP contribution in [0.5, 0.6) is 0 Å². The maximum absolute atomic E-state index is 13.5. The summed E-state index contributed by atoms with van der Waals surface area (Å²) in [5.74, 6) is -1.68. The summed E-state index contributed by atoms with van der Waals surface area (Å²) >= 11 is 0. The van der Waals surface area contributed by atoms with Crippen LogP contribution in [-0.4, -0.2) is 11.2 Å². The Morgan fingerprint density at radius 3 is 2.25 bits per heavy atom. The van der Waals surface area contributed by atoms with Crippen molar-refractivity contribution >= 4 is 0 Å². The third-order valence-corrected chi connectivity index (χ3v) is 3.26. The molecule has 4 heteroatoms. The SMILES string of the molecule is Cc1cc(F)ccc1CC(O)Cc1c(F)cccc1F. The highest BCUT2D eigenvalue weighted by Crippen LogP contribution is 2.18. The van der Waals surface area contributed by atoms with Gasteiger partial charge in [-0.15, -0.1) is 0 Å². The molecule has 0 saturated carbocycles. The Kier molecular flexibility index (Phi) is 4.45. The van der Waals surface area contributed by atoms with Gasteiger partial charge in [-0.2, -0.15) is 0 Å². The molecule has 0 aromatic heterocycles. The molecule has 1 unspecified atom stereocenters. The van der Waals surface area contributed by atoms with Gasteiger partial charge in [0.15, 0.2) is 0 Å². The Hall–Kier alpha value is -1.81. The van der Waals surface area contributed by atoms with Gasteiger partial charge in [0.05, 0.1) is 6.10 Å². The Bertz CT molecular complexity index is 590. The second-order valence-corrected chi connectivity index (χ2v) is 4.83. The highest BCUT2D eigenvalue weighted by Gasteiger charge is 2.15. The normalized spacial score (nSPS) is 12.4. The van der Waals surface area contributed by atoms with Crippen LogP contribution in [-0.2, 0) is 12.8 Å². The van der Waals surface area contributed by atoms with Crippen molar-refractivity contribution in [1.29, 1.82) is 0 Å². The van der Waals surface area contributed by atoms with E-state index >= 15 is 0 Å².